The first-order valence-electron chi connectivity index (χ1n) is 19.2. The van der Waals surface area contributed by atoms with Crippen LogP contribution in [-0.4, -0.2) is 81.8 Å². The molecule has 0 bridgehead atoms. The third-order valence-corrected chi connectivity index (χ3v) is 11.2. The van der Waals surface area contributed by atoms with Crippen molar-refractivity contribution >= 4 is 47.3 Å². The Morgan fingerprint density at radius 1 is 0.965 bits per heavy atom. The molecule has 57 heavy (non-hydrogen) atoms. The number of amides is 5. The Morgan fingerprint density at radius 3 is 2.44 bits per heavy atom. The number of piperazine rings is 1. The summed E-state index contributed by atoms with van der Waals surface area (Å²) in [6.45, 7) is 2.15. The highest BCUT2D eigenvalue weighted by Gasteiger charge is 2.40. The standard InChI is InChI=1S/C42H45N9O6/c43-37-36(40(56)47-29-8-2-1-3-9-29)48-34(24-45-37)26-12-14-27(15-13-26)41(57)50-19-21-51(22-20-50)42(44,33-11-6-10-31-32(33)23-46-38(31)54)18-5-4-7-28(25-52)30-16-17-35(53)49-39(30)55/h1-3,6,8-15,24-25,28,30H,4-5,7,16-23,44H2,(H2,43,45)(H,46,54)(H,47,56)(H,49,53,55). The topological polar surface area (TPSA) is 223 Å². The van der Waals surface area contributed by atoms with Gasteiger partial charge in [0, 0.05) is 73.4 Å². The molecule has 0 spiro atoms. The summed E-state index contributed by atoms with van der Waals surface area (Å²) in [6, 6.07) is 21.5. The number of hydrogen-bond donors (Lipinski definition) is 5. The molecule has 3 atom stereocenters. The van der Waals surface area contributed by atoms with Gasteiger partial charge in [-0.05, 0) is 67.1 Å². The lowest BCUT2D eigenvalue weighted by molar-refractivity contribution is -0.139. The van der Waals surface area contributed by atoms with Gasteiger partial charge in [-0.1, -0.05) is 48.9 Å². The summed E-state index contributed by atoms with van der Waals surface area (Å²) in [4.78, 5) is 88.1. The molecule has 3 aliphatic heterocycles. The normalized spacial score (nSPS) is 18.5. The molecule has 0 radical (unpaired) electrons. The summed E-state index contributed by atoms with van der Waals surface area (Å²) in [7, 11) is 0. The van der Waals surface area contributed by atoms with Crippen LogP contribution in [0.1, 0.15) is 80.9 Å². The fourth-order valence-electron chi connectivity index (χ4n) is 8.07. The number of nitrogens with one attached hydrogen (secondary N) is 3. The van der Waals surface area contributed by atoms with Gasteiger partial charge in [-0.2, -0.15) is 0 Å². The van der Waals surface area contributed by atoms with Crippen LogP contribution in [0.5, 0.6) is 0 Å². The number of aromatic nitrogens is 2. The van der Waals surface area contributed by atoms with Crippen molar-refractivity contribution in [2.24, 2.45) is 17.6 Å². The number of piperidine rings is 1. The maximum absolute atomic E-state index is 13.8. The number of nitrogens with two attached hydrogens (primary N) is 2. The molecule has 15 nitrogen and oxygen atoms in total. The lowest BCUT2D eigenvalue weighted by atomic mass is 9.82. The van der Waals surface area contributed by atoms with Gasteiger partial charge in [0.2, 0.25) is 11.8 Å². The average molecular weight is 772 g/mol. The molecule has 3 aromatic carbocycles. The maximum Gasteiger partial charge on any atom is 0.278 e. The Bertz CT molecular complexity index is 2190. The molecule has 4 heterocycles. The molecular formula is C42H45N9O6. The molecule has 4 aromatic rings. The van der Waals surface area contributed by atoms with Gasteiger partial charge in [0.05, 0.1) is 17.6 Å². The highest BCUT2D eigenvalue weighted by molar-refractivity contribution is 6.06. The van der Waals surface area contributed by atoms with Gasteiger partial charge in [-0.15, -0.1) is 0 Å². The molecule has 1 aromatic heterocycles. The van der Waals surface area contributed by atoms with E-state index in [0.29, 0.717) is 92.9 Å². The van der Waals surface area contributed by atoms with Crippen molar-refractivity contribution in [1.29, 1.82) is 0 Å². The first-order valence-corrected chi connectivity index (χ1v) is 19.2. The van der Waals surface area contributed by atoms with Crippen molar-refractivity contribution in [1.82, 2.24) is 30.4 Å². The van der Waals surface area contributed by atoms with Crippen molar-refractivity contribution in [2.75, 3.05) is 37.2 Å². The first kappa shape index (κ1) is 38.9. The van der Waals surface area contributed by atoms with Gasteiger partial charge in [0.15, 0.2) is 11.5 Å². The highest BCUT2D eigenvalue weighted by Crippen LogP contribution is 2.36. The number of fused-ring (bicyclic) bond motifs is 1. The number of para-hydroxylation sites is 1. The summed E-state index contributed by atoms with van der Waals surface area (Å²) in [5, 5.41) is 8.03. The molecule has 0 saturated carbocycles. The zero-order valence-corrected chi connectivity index (χ0v) is 31.4. The van der Waals surface area contributed by atoms with Crippen LogP contribution in [0.25, 0.3) is 11.3 Å². The lowest BCUT2D eigenvalue weighted by Gasteiger charge is -2.46. The number of nitrogen functional groups attached to an aromatic ring is 1. The minimum absolute atomic E-state index is 0.00209. The van der Waals surface area contributed by atoms with Gasteiger partial charge >= 0.3 is 0 Å². The van der Waals surface area contributed by atoms with Crippen LogP contribution >= 0.6 is 0 Å². The third kappa shape index (κ3) is 8.30. The number of nitrogens with zero attached hydrogens (tertiary/aromatic N) is 4. The minimum Gasteiger partial charge on any atom is -0.382 e. The number of carbonyl (C=O) groups is 6. The summed E-state index contributed by atoms with van der Waals surface area (Å²) < 4.78 is 0. The van der Waals surface area contributed by atoms with Crippen LogP contribution in [0.4, 0.5) is 11.5 Å². The van der Waals surface area contributed by atoms with Crippen LogP contribution in [0, 0.1) is 11.8 Å². The van der Waals surface area contributed by atoms with E-state index in [2.05, 4.69) is 30.8 Å². The SMILES string of the molecule is Nc1ncc(-c2ccc(C(=O)N3CCN(C(N)(CCCCC(C=O)C4CCC(=O)NC4=O)c4cccc5c4CNC5=O)CC3)cc2)nc1C(=O)Nc1ccccc1. The van der Waals surface area contributed by atoms with E-state index in [-0.39, 0.29) is 35.7 Å². The van der Waals surface area contributed by atoms with Crippen molar-refractivity contribution in [3.63, 3.8) is 0 Å². The molecule has 7 rings (SSSR count). The highest BCUT2D eigenvalue weighted by atomic mass is 16.2. The van der Waals surface area contributed by atoms with E-state index >= 15 is 0 Å². The van der Waals surface area contributed by atoms with Gasteiger partial charge in [0.25, 0.3) is 17.7 Å². The Balaban J connectivity index is 1.01. The molecule has 3 unspecified atom stereocenters. The lowest BCUT2D eigenvalue weighted by Crippen LogP contribution is -2.60. The van der Waals surface area contributed by atoms with E-state index in [1.807, 2.05) is 18.2 Å². The number of benzene rings is 3. The van der Waals surface area contributed by atoms with Crippen LogP contribution < -0.4 is 27.4 Å². The van der Waals surface area contributed by atoms with Crippen LogP contribution in [0.2, 0.25) is 0 Å². The number of unbranched alkanes of at least 4 members (excludes halogenated alkanes) is 1. The number of rotatable bonds is 13. The molecular weight excluding hydrogens is 727 g/mol. The molecule has 294 valence electrons. The molecule has 7 N–H and O–H groups in total. The molecule has 15 heteroatoms. The molecule has 2 saturated heterocycles. The van der Waals surface area contributed by atoms with E-state index in [9.17, 15) is 28.8 Å². The largest absolute Gasteiger partial charge is 0.382 e. The number of aldehydes is 1. The van der Waals surface area contributed by atoms with E-state index in [0.717, 1.165) is 17.4 Å². The van der Waals surface area contributed by atoms with E-state index in [1.165, 1.54) is 6.20 Å². The quantitative estimate of drug-likeness (QED) is 0.0754. The van der Waals surface area contributed by atoms with Gasteiger partial charge in [-0.25, -0.2) is 9.97 Å². The second-order valence-corrected chi connectivity index (χ2v) is 14.7. The fraction of sp³-hybridized carbons (Fsp3) is 0.333. The van der Waals surface area contributed by atoms with Crippen molar-refractivity contribution in [2.45, 2.75) is 50.7 Å². The van der Waals surface area contributed by atoms with Crippen molar-refractivity contribution < 1.29 is 28.8 Å². The number of imide groups is 1. The van der Waals surface area contributed by atoms with Gasteiger partial charge in [0.1, 0.15) is 6.29 Å². The van der Waals surface area contributed by atoms with Crippen LogP contribution in [-0.2, 0) is 26.6 Å². The minimum atomic E-state index is -0.975. The second-order valence-electron chi connectivity index (χ2n) is 14.7. The molecule has 0 aliphatic carbocycles. The smallest absolute Gasteiger partial charge is 0.278 e. The zero-order chi connectivity index (χ0) is 40.1. The fourth-order valence-corrected chi connectivity index (χ4v) is 8.07. The van der Waals surface area contributed by atoms with Gasteiger partial charge in [-0.3, -0.25) is 34.2 Å². The van der Waals surface area contributed by atoms with Crippen molar-refractivity contribution in [3.05, 3.63) is 107 Å². The van der Waals surface area contributed by atoms with Crippen molar-refractivity contribution in [3.8, 4) is 11.3 Å². The summed E-state index contributed by atoms with van der Waals surface area (Å²) in [6.07, 6.45) is 5.13. The van der Waals surface area contributed by atoms with E-state index in [4.69, 9.17) is 11.5 Å². The molecule has 3 aliphatic rings. The van der Waals surface area contributed by atoms with E-state index in [1.54, 1.807) is 59.5 Å². The summed E-state index contributed by atoms with van der Waals surface area (Å²) in [5.41, 5.74) is 16.9. The number of carbonyl (C=O) groups excluding carboxylic acids is 6. The molecule has 5 amide bonds. The zero-order valence-electron chi connectivity index (χ0n) is 31.4. The van der Waals surface area contributed by atoms with Gasteiger partial charge < -0.3 is 31.8 Å². The van der Waals surface area contributed by atoms with Crippen LogP contribution in [0.3, 0.4) is 0 Å². The summed E-state index contributed by atoms with van der Waals surface area (Å²) in [5.74, 6) is -2.52. The Hall–Kier alpha value is -6.32. The Labute approximate surface area is 329 Å². The molecule has 2 fully saturated rings. The first-order chi connectivity index (χ1) is 27.5. The second kappa shape index (κ2) is 16.8. The number of hydrogen-bond acceptors (Lipinski definition) is 11. The number of anilines is 2. The Morgan fingerprint density at radius 2 is 1.72 bits per heavy atom. The van der Waals surface area contributed by atoms with E-state index < -0.39 is 29.3 Å². The maximum atomic E-state index is 13.8. The predicted octanol–water partition coefficient (Wildman–Crippen LogP) is 3.22. The Kier molecular flexibility index (Phi) is 11.5. The average Bonchev–Trinajstić information content (AvgIpc) is 3.62. The monoisotopic (exact) mass is 771 g/mol. The predicted molar refractivity (Wildman–Crippen MR) is 211 cm³/mol. The van der Waals surface area contributed by atoms with Crippen LogP contribution in [0.15, 0.2) is 79.0 Å². The summed E-state index contributed by atoms with van der Waals surface area (Å²) >= 11 is 0. The third-order valence-electron chi connectivity index (χ3n) is 11.2.